The number of methoxy groups -OCH3 is 1. The van der Waals surface area contributed by atoms with Gasteiger partial charge in [0.1, 0.15) is 23.4 Å². The highest BCUT2D eigenvalue weighted by Crippen LogP contribution is 2.45. The molecule has 4 aromatic rings. The van der Waals surface area contributed by atoms with Gasteiger partial charge in [-0.05, 0) is 78.2 Å². The molecule has 0 aliphatic carbocycles. The molecule has 1 aliphatic heterocycles. The predicted octanol–water partition coefficient (Wildman–Crippen LogP) is 8.87. The number of hydrogen-bond donors (Lipinski definition) is 1. The quantitative estimate of drug-likeness (QED) is 0.209. The molecular weight excluding hydrogens is 614 g/mol. The molecule has 5 rings (SSSR count). The Morgan fingerprint density at radius 1 is 0.932 bits per heavy atom. The molecule has 2 unspecified atom stereocenters. The van der Waals surface area contributed by atoms with E-state index in [-0.39, 0.29) is 30.3 Å². The van der Waals surface area contributed by atoms with Crippen LogP contribution < -0.4 is 14.8 Å². The van der Waals surface area contributed by atoms with Crippen LogP contribution in [0.5, 0.6) is 11.5 Å². The monoisotopic (exact) mass is 641 g/mol. The summed E-state index contributed by atoms with van der Waals surface area (Å²) in [6, 6.07) is 22.7. The van der Waals surface area contributed by atoms with E-state index in [0.717, 1.165) is 28.8 Å². The van der Waals surface area contributed by atoms with Crippen LogP contribution >= 0.6 is 23.2 Å². The van der Waals surface area contributed by atoms with Gasteiger partial charge in [0.25, 0.3) is 0 Å². The first-order chi connectivity index (χ1) is 21.1. The Morgan fingerprint density at radius 2 is 1.59 bits per heavy atom. The van der Waals surface area contributed by atoms with Crippen molar-refractivity contribution >= 4 is 35.1 Å². The van der Waals surface area contributed by atoms with Crippen molar-refractivity contribution in [3.63, 3.8) is 0 Å². The first-order valence-electron chi connectivity index (χ1n) is 13.7. The lowest BCUT2D eigenvalue weighted by atomic mass is 9.94. The first kappa shape index (κ1) is 31.2. The van der Waals surface area contributed by atoms with E-state index in [0.29, 0.717) is 15.8 Å². The Labute approximate surface area is 263 Å². The summed E-state index contributed by atoms with van der Waals surface area (Å²) in [4.78, 5) is 20.6. The lowest BCUT2D eigenvalue weighted by molar-refractivity contribution is -0.137. The average molecular weight is 643 g/mol. The number of carbonyl (C=O) groups is 1. The summed E-state index contributed by atoms with van der Waals surface area (Å²) in [6.07, 6.45) is -4.59. The van der Waals surface area contributed by atoms with Crippen LogP contribution in [-0.2, 0) is 12.7 Å². The maximum Gasteiger partial charge on any atom is 0.416 e. The van der Waals surface area contributed by atoms with Crippen LogP contribution in [0.3, 0.4) is 0 Å². The average Bonchev–Trinajstić information content (AvgIpc) is 3.41. The third kappa shape index (κ3) is 6.79. The summed E-state index contributed by atoms with van der Waals surface area (Å²) in [5, 5.41) is 3.98. The number of carbonyl (C=O) groups excluding carboxylic acids is 1. The molecule has 1 heterocycles. The van der Waals surface area contributed by atoms with Crippen LogP contribution in [0.15, 0.2) is 96.0 Å². The van der Waals surface area contributed by atoms with Gasteiger partial charge < -0.3 is 14.8 Å². The summed E-state index contributed by atoms with van der Waals surface area (Å²) in [7, 11) is 1.55. The lowest BCUT2D eigenvalue weighted by Gasteiger charge is -2.30. The number of aliphatic imine (C=N–C) groups is 1. The number of nitrogens with one attached hydrogen (secondary N) is 1. The summed E-state index contributed by atoms with van der Waals surface area (Å²) in [6.45, 7) is 1.93. The fraction of sp³-hybridized carbons (Fsp3) is 0.212. The Balaban J connectivity index is 1.65. The van der Waals surface area contributed by atoms with Gasteiger partial charge in [-0.15, -0.1) is 0 Å². The molecular formula is C33H28Cl2F3N3O3. The van der Waals surface area contributed by atoms with Crippen LogP contribution in [0.25, 0.3) is 0 Å². The van der Waals surface area contributed by atoms with Crippen LogP contribution in [0.1, 0.15) is 46.8 Å². The van der Waals surface area contributed by atoms with Crippen LogP contribution in [0.2, 0.25) is 10.0 Å². The van der Waals surface area contributed by atoms with Gasteiger partial charge in [0.2, 0.25) is 0 Å². The molecule has 1 N–H and O–H groups in total. The molecule has 44 heavy (non-hydrogen) atoms. The van der Waals surface area contributed by atoms with Crippen LogP contribution in [0, 0.1) is 0 Å². The third-order valence-corrected chi connectivity index (χ3v) is 7.64. The van der Waals surface area contributed by atoms with Crippen LogP contribution in [-0.4, -0.2) is 30.5 Å². The number of ether oxygens (including phenoxy) is 2. The van der Waals surface area contributed by atoms with Crippen molar-refractivity contribution in [2.45, 2.75) is 31.7 Å². The highest BCUT2D eigenvalue weighted by molar-refractivity contribution is 6.30. The minimum atomic E-state index is -4.59. The second kappa shape index (κ2) is 13.2. The van der Waals surface area contributed by atoms with Crippen molar-refractivity contribution in [1.29, 1.82) is 0 Å². The molecule has 1 aliphatic rings. The zero-order chi connectivity index (χ0) is 31.4. The molecule has 0 saturated heterocycles. The molecule has 228 valence electrons. The number of amidine groups is 1. The summed E-state index contributed by atoms with van der Waals surface area (Å²) in [5.41, 5.74) is 1.62. The lowest BCUT2D eigenvalue weighted by Crippen LogP contribution is -2.44. The van der Waals surface area contributed by atoms with E-state index in [2.05, 4.69) is 5.32 Å². The maximum absolute atomic E-state index is 14.2. The van der Waals surface area contributed by atoms with Gasteiger partial charge in [-0.2, -0.15) is 13.2 Å². The van der Waals surface area contributed by atoms with Gasteiger partial charge in [-0.3, -0.25) is 9.89 Å². The number of alkyl halides is 3. The Kier molecular flexibility index (Phi) is 9.36. The van der Waals surface area contributed by atoms with Gasteiger partial charge in [-0.25, -0.2) is 4.79 Å². The number of nitrogens with zero attached hydrogens (tertiary/aromatic N) is 2. The minimum absolute atomic E-state index is 0.0433. The van der Waals surface area contributed by atoms with Crippen molar-refractivity contribution in [2.24, 2.45) is 4.99 Å². The van der Waals surface area contributed by atoms with Crippen molar-refractivity contribution < 1.29 is 27.4 Å². The largest absolute Gasteiger partial charge is 0.497 e. The normalized spacial score (nSPS) is 16.4. The van der Waals surface area contributed by atoms with E-state index >= 15 is 0 Å². The second-order valence-corrected chi connectivity index (χ2v) is 10.8. The Bertz CT molecular complexity index is 1660. The molecule has 0 aromatic heterocycles. The minimum Gasteiger partial charge on any atom is -0.497 e. The topological polar surface area (TPSA) is 63.2 Å². The van der Waals surface area contributed by atoms with Crippen LogP contribution in [0.4, 0.5) is 18.0 Å². The summed E-state index contributed by atoms with van der Waals surface area (Å²) in [5.74, 6) is 0.747. The zero-order valence-corrected chi connectivity index (χ0v) is 25.3. The Morgan fingerprint density at radius 3 is 2.20 bits per heavy atom. The van der Waals surface area contributed by atoms with Gasteiger partial charge in [0.05, 0.1) is 30.9 Å². The molecule has 0 saturated carbocycles. The van der Waals surface area contributed by atoms with Crippen molar-refractivity contribution in [1.82, 2.24) is 10.2 Å². The van der Waals surface area contributed by atoms with E-state index in [1.54, 1.807) is 62.6 Å². The number of rotatable bonds is 8. The van der Waals surface area contributed by atoms with Crippen molar-refractivity contribution in [3.05, 3.63) is 129 Å². The van der Waals surface area contributed by atoms with Gasteiger partial charge in [0, 0.05) is 16.6 Å². The maximum atomic E-state index is 14.2. The molecule has 2 amide bonds. The fourth-order valence-corrected chi connectivity index (χ4v) is 5.32. The molecule has 0 bridgehead atoms. The number of hydrogen-bond acceptors (Lipinski definition) is 4. The highest BCUT2D eigenvalue weighted by atomic mass is 35.5. The number of halogens is 5. The fourth-order valence-electron chi connectivity index (χ4n) is 5.07. The smallest absolute Gasteiger partial charge is 0.416 e. The number of benzene rings is 4. The first-order valence-corrected chi connectivity index (χ1v) is 14.5. The van der Waals surface area contributed by atoms with E-state index < -0.39 is 29.9 Å². The molecule has 0 spiro atoms. The second-order valence-electron chi connectivity index (χ2n) is 9.97. The zero-order valence-electron chi connectivity index (χ0n) is 23.7. The highest BCUT2D eigenvalue weighted by Gasteiger charge is 2.43. The molecule has 2 atom stereocenters. The van der Waals surface area contributed by atoms with E-state index in [1.165, 1.54) is 11.0 Å². The van der Waals surface area contributed by atoms with E-state index in [4.69, 9.17) is 37.7 Å². The van der Waals surface area contributed by atoms with Gasteiger partial charge in [0.15, 0.2) is 0 Å². The predicted molar refractivity (Wildman–Crippen MR) is 165 cm³/mol. The van der Waals surface area contributed by atoms with Crippen molar-refractivity contribution in [3.8, 4) is 11.5 Å². The van der Waals surface area contributed by atoms with Crippen molar-refractivity contribution in [2.75, 3.05) is 13.7 Å². The molecule has 6 nitrogen and oxygen atoms in total. The Hall–Kier alpha value is -4.21. The number of urea groups is 1. The third-order valence-electron chi connectivity index (χ3n) is 7.14. The summed E-state index contributed by atoms with van der Waals surface area (Å²) < 4.78 is 52.0. The SMILES string of the molecule is CCOc1cc(C(F)(F)F)ccc1C1=NC(c2ccc(Cl)cc2)C(c2ccc(Cl)cc2)N1C(=O)NCc1cccc(OC)c1. The molecule has 0 fully saturated rings. The van der Waals surface area contributed by atoms with Gasteiger partial charge in [-0.1, -0.05) is 59.6 Å². The molecule has 0 radical (unpaired) electrons. The van der Waals surface area contributed by atoms with E-state index in [9.17, 15) is 18.0 Å². The molecule has 4 aromatic carbocycles. The number of amides is 2. The van der Waals surface area contributed by atoms with E-state index in [1.807, 2.05) is 24.3 Å². The standard InChI is InChI=1S/C33H28Cl2F3N3O3/c1-3-44-28-18-23(33(36,37)38)11-16-27(28)31-40-29(21-7-12-24(34)13-8-21)30(22-9-14-25(35)15-10-22)41(31)32(42)39-19-20-5-4-6-26(17-20)43-2/h4-18,29-30H,3,19H2,1-2H3,(H,39,42). The molecule has 11 heteroatoms. The summed E-state index contributed by atoms with van der Waals surface area (Å²) >= 11 is 12.4. The van der Waals surface area contributed by atoms with Gasteiger partial charge >= 0.3 is 12.2 Å².